The highest BCUT2D eigenvalue weighted by Gasteiger charge is 2.11. The van der Waals surface area contributed by atoms with Crippen LogP contribution in [0.2, 0.25) is 5.02 Å². The first-order valence-electron chi connectivity index (χ1n) is 6.11. The van der Waals surface area contributed by atoms with E-state index in [9.17, 15) is 0 Å². The van der Waals surface area contributed by atoms with Crippen molar-refractivity contribution in [3.05, 3.63) is 28.8 Å². The van der Waals surface area contributed by atoms with E-state index in [1.165, 1.54) is 5.56 Å². The largest absolute Gasteiger partial charge is 0.494 e. The van der Waals surface area contributed by atoms with Crippen molar-refractivity contribution in [2.24, 2.45) is 0 Å². The number of aryl methyl sites for hydroxylation is 1. The fraction of sp³-hybridized carbons (Fsp3) is 0.357. The first kappa shape index (κ1) is 13.0. The summed E-state index contributed by atoms with van der Waals surface area (Å²) in [6.07, 6.45) is 0.915. The number of nitrogens with zero attached hydrogens (tertiary/aromatic N) is 1. The van der Waals surface area contributed by atoms with Crippen LogP contribution in [0.5, 0.6) is 5.75 Å². The van der Waals surface area contributed by atoms with E-state index in [0.717, 1.165) is 35.4 Å². The van der Waals surface area contributed by atoms with Crippen LogP contribution in [0.3, 0.4) is 0 Å². The summed E-state index contributed by atoms with van der Waals surface area (Å²) in [4.78, 5) is 4.65. The Labute approximate surface area is 112 Å². The number of fused-ring (bicyclic) bond motifs is 1. The summed E-state index contributed by atoms with van der Waals surface area (Å²) in [5.74, 6) is 1.66. The van der Waals surface area contributed by atoms with Crippen LogP contribution in [0.4, 0.5) is 5.82 Å². The van der Waals surface area contributed by atoms with Crippen molar-refractivity contribution < 1.29 is 4.74 Å². The molecule has 0 radical (unpaired) electrons. The van der Waals surface area contributed by atoms with E-state index in [1.54, 1.807) is 7.11 Å². The highest BCUT2D eigenvalue weighted by atomic mass is 35.5. The van der Waals surface area contributed by atoms with Crippen LogP contribution in [0, 0.1) is 0 Å². The lowest BCUT2D eigenvalue weighted by atomic mass is 10.1. The van der Waals surface area contributed by atoms with Gasteiger partial charge in [-0.2, -0.15) is 0 Å². The molecule has 0 saturated carbocycles. The monoisotopic (exact) mass is 264 g/mol. The molecule has 0 spiro atoms. The molecule has 2 rings (SSSR count). The Morgan fingerprint density at radius 2 is 2.11 bits per heavy atom. The second-order valence-corrected chi connectivity index (χ2v) is 4.43. The summed E-state index contributed by atoms with van der Waals surface area (Å²) in [6, 6.07) is 5.78. The van der Waals surface area contributed by atoms with E-state index in [0.29, 0.717) is 5.02 Å². The maximum atomic E-state index is 6.23. The number of rotatable bonds is 4. The van der Waals surface area contributed by atoms with Crippen LogP contribution in [0.1, 0.15) is 19.4 Å². The summed E-state index contributed by atoms with van der Waals surface area (Å²) in [5.41, 5.74) is 1.97. The molecule has 0 saturated heterocycles. The molecule has 0 bridgehead atoms. The van der Waals surface area contributed by atoms with Crippen molar-refractivity contribution in [3.63, 3.8) is 0 Å². The average molecular weight is 265 g/mol. The third-order valence-electron chi connectivity index (χ3n) is 2.92. The molecule has 0 aliphatic heterocycles. The maximum absolute atomic E-state index is 6.23. The Balaban J connectivity index is 2.73. The van der Waals surface area contributed by atoms with Crippen molar-refractivity contribution in [1.82, 2.24) is 4.98 Å². The number of methoxy groups -OCH3 is 1. The van der Waals surface area contributed by atoms with Crippen LogP contribution in [0.15, 0.2) is 18.2 Å². The molecule has 18 heavy (non-hydrogen) atoms. The van der Waals surface area contributed by atoms with Gasteiger partial charge < -0.3 is 10.1 Å². The number of anilines is 1. The summed E-state index contributed by atoms with van der Waals surface area (Å²) in [7, 11) is 1.64. The Bertz CT molecular complexity index is 569. The van der Waals surface area contributed by atoms with Gasteiger partial charge in [0.2, 0.25) is 0 Å². The number of pyridine rings is 1. The van der Waals surface area contributed by atoms with Gasteiger partial charge in [0.1, 0.15) is 17.1 Å². The predicted octanol–water partition coefficient (Wildman–Crippen LogP) is 3.89. The van der Waals surface area contributed by atoms with Crippen molar-refractivity contribution >= 4 is 28.3 Å². The molecule has 96 valence electrons. The van der Waals surface area contributed by atoms with Gasteiger partial charge in [-0.1, -0.05) is 18.5 Å². The molecular formula is C14H17ClN2O. The number of benzene rings is 1. The van der Waals surface area contributed by atoms with Crippen LogP contribution in [0.25, 0.3) is 10.9 Å². The zero-order valence-electron chi connectivity index (χ0n) is 10.9. The maximum Gasteiger partial charge on any atom is 0.145 e. The number of halogens is 1. The zero-order valence-corrected chi connectivity index (χ0v) is 11.6. The molecule has 0 amide bonds. The highest BCUT2D eigenvalue weighted by Crippen LogP contribution is 2.32. The molecule has 0 aliphatic carbocycles. The lowest BCUT2D eigenvalue weighted by molar-refractivity contribution is 0.419. The molecule has 4 heteroatoms. The van der Waals surface area contributed by atoms with E-state index in [4.69, 9.17) is 16.3 Å². The van der Waals surface area contributed by atoms with Crippen LogP contribution >= 0.6 is 11.6 Å². The van der Waals surface area contributed by atoms with Gasteiger partial charge in [-0.3, -0.25) is 0 Å². The molecule has 1 aromatic heterocycles. The highest BCUT2D eigenvalue weighted by molar-refractivity contribution is 6.35. The van der Waals surface area contributed by atoms with Gasteiger partial charge in [0.05, 0.1) is 12.1 Å². The lowest BCUT2D eigenvalue weighted by Crippen LogP contribution is -2.04. The lowest BCUT2D eigenvalue weighted by Gasteiger charge is -2.12. The Kier molecular flexibility index (Phi) is 3.92. The van der Waals surface area contributed by atoms with Gasteiger partial charge in [-0.05, 0) is 37.1 Å². The Hall–Kier alpha value is -1.48. The fourth-order valence-corrected chi connectivity index (χ4v) is 2.20. The Morgan fingerprint density at radius 1 is 1.33 bits per heavy atom. The standard InChI is InChI=1S/C14H17ClN2O/c1-4-9-8-10-11(15)6-7-12(18-3)13(10)17-14(9)16-5-2/h6-8H,4-5H2,1-3H3,(H,16,17). The van der Waals surface area contributed by atoms with Gasteiger partial charge in [0.15, 0.2) is 0 Å². The van der Waals surface area contributed by atoms with E-state index in [-0.39, 0.29) is 0 Å². The first-order chi connectivity index (χ1) is 8.71. The summed E-state index contributed by atoms with van der Waals surface area (Å²) in [5, 5.41) is 4.92. The average Bonchev–Trinajstić information content (AvgIpc) is 2.39. The third kappa shape index (κ3) is 2.23. The van der Waals surface area contributed by atoms with Crippen molar-refractivity contribution in [2.45, 2.75) is 20.3 Å². The van der Waals surface area contributed by atoms with E-state index in [1.807, 2.05) is 12.1 Å². The predicted molar refractivity (Wildman–Crippen MR) is 76.8 cm³/mol. The summed E-state index contributed by atoms with van der Waals surface area (Å²) in [6.45, 7) is 5.01. The second kappa shape index (κ2) is 5.44. The normalized spacial score (nSPS) is 10.7. The number of hydrogen-bond donors (Lipinski definition) is 1. The quantitative estimate of drug-likeness (QED) is 0.910. The van der Waals surface area contributed by atoms with Gasteiger partial charge in [0.25, 0.3) is 0 Å². The topological polar surface area (TPSA) is 34.2 Å². The number of aromatic nitrogens is 1. The van der Waals surface area contributed by atoms with E-state index < -0.39 is 0 Å². The van der Waals surface area contributed by atoms with Crippen molar-refractivity contribution in [1.29, 1.82) is 0 Å². The van der Waals surface area contributed by atoms with Gasteiger partial charge in [0, 0.05) is 11.9 Å². The molecule has 1 aromatic carbocycles. The van der Waals surface area contributed by atoms with Crippen LogP contribution in [-0.2, 0) is 6.42 Å². The first-order valence-corrected chi connectivity index (χ1v) is 6.49. The number of hydrogen-bond acceptors (Lipinski definition) is 3. The molecular weight excluding hydrogens is 248 g/mol. The SMILES string of the molecule is CCNc1nc2c(OC)ccc(Cl)c2cc1CC. The Morgan fingerprint density at radius 3 is 2.72 bits per heavy atom. The smallest absolute Gasteiger partial charge is 0.145 e. The summed E-state index contributed by atoms with van der Waals surface area (Å²) >= 11 is 6.23. The van der Waals surface area contributed by atoms with Crippen LogP contribution < -0.4 is 10.1 Å². The molecule has 1 heterocycles. The van der Waals surface area contributed by atoms with Gasteiger partial charge in [-0.15, -0.1) is 0 Å². The minimum absolute atomic E-state index is 0.705. The second-order valence-electron chi connectivity index (χ2n) is 4.03. The minimum Gasteiger partial charge on any atom is -0.494 e. The van der Waals surface area contributed by atoms with E-state index >= 15 is 0 Å². The number of nitrogens with one attached hydrogen (secondary N) is 1. The number of ether oxygens (including phenoxy) is 1. The van der Waals surface area contributed by atoms with Gasteiger partial charge in [-0.25, -0.2) is 4.98 Å². The molecule has 1 N–H and O–H groups in total. The summed E-state index contributed by atoms with van der Waals surface area (Å²) < 4.78 is 5.34. The third-order valence-corrected chi connectivity index (χ3v) is 3.25. The van der Waals surface area contributed by atoms with Crippen LogP contribution in [-0.4, -0.2) is 18.6 Å². The molecule has 3 nitrogen and oxygen atoms in total. The molecule has 0 unspecified atom stereocenters. The fourth-order valence-electron chi connectivity index (χ4n) is 2.00. The molecule has 2 aromatic rings. The van der Waals surface area contributed by atoms with Crippen molar-refractivity contribution in [2.75, 3.05) is 19.0 Å². The molecule has 0 atom stereocenters. The van der Waals surface area contributed by atoms with Gasteiger partial charge >= 0.3 is 0 Å². The zero-order chi connectivity index (χ0) is 13.1. The molecule has 0 fully saturated rings. The molecule has 0 aliphatic rings. The minimum atomic E-state index is 0.705. The van der Waals surface area contributed by atoms with Crippen molar-refractivity contribution in [3.8, 4) is 5.75 Å². The van der Waals surface area contributed by atoms with E-state index in [2.05, 4.69) is 30.2 Å².